The monoisotopic (exact) mass is 544 g/mol. The van der Waals surface area contributed by atoms with Gasteiger partial charge in [0.1, 0.15) is 13.2 Å². The molecule has 0 aliphatic carbocycles. The Labute approximate surface area is 232 Å². The van der Waals surface area contributed by atoms with Gasteiger partial charge in [-0.25, -0.2) is 5.43 Å². The van der Waals surface area contributed by atoms with Gasteiger partial charge in [0.2, 0.25) is 5.91 Å². The van der Waals surface area contributed by atoms with Gasteiger partial charge in [-0.3, -0.25) is 4.79 Å². The van der Waals surface area contributed by atoms with E-state index in [9.17, 15) is 4.79 Å². The zero-order valence-electron chi connectivity index (χ0n) is 21.7. The second kappa shape index (κ2) is 13.9. The average Bonchev–Trinajstić information content (AvgIpc) is 2.96. The number of rotatable bonds is 12. The molecule has 0 aromatic heterocycles. The molecule has 200 valence electrons. The second-order valence-corrected chi connectivity index (χ2v) is 8.95. The Balaban J connectivity index is 1.37. The van der Waals surface area contributed by atoms with Gasteiger partial charge >= 0.3 is 0 Å². The van der Waals surface area contributed by atoms with E-state index in [-0.39, 0.29) is 18.9 Å². The third kappa shape index (κ3) is 7.99. The molecule has 7 nitrogen and oxygen atoms in total. The van der Waals surface area contributed by atoms with Gasteiger partial charge in [-0.2, -0.15) is 5.10 Å². The molecule has 0 saturated heterocycles. The summed E-state index contributed by atoms with van der Waals surface area (Å²) in [5.41, 5.74) is 6.01. The van der Waals surface area contributed by atoms with Crippen molar-refractivity contribution in [1.82, 2.24) is 5.43 Å². The smallest absolute Gasteiger partial charge is 0.244 e. The number of nitrogens with zero attached hydrogens (tertiary/aromatic N) is 1. The largest absolute Gasteiger partial charge is 0.493 e. The molecule has 0 unspecified atom stereocenters. The fourth-order valence-corrected chi connectivity index (χ4v) is 4.04. The van der Waals surface area contributed by atoms with Crippen molar-refractivity contribution >= 4 is 23.7 Å². The highest BCUT2D eigenvalue weighted by atomic mass is 35.5. The number of benzene rings is 4. The van der Waals surface area contributed by atoms with Gasteiger partial charge in [-0.05, 0) is 46.5 Å². The Morgan fingerprint density at radius 1 is 0.769 bits per heavy atom. The summed E-state index contributed by atoms with van der Waals surface area (Å²) >= 11 is 6.51. The molecule has 4 aromatic carbocycles. The fraction of sp³-hybridized carbons (Fsp3) is 0.161. The molecule has 39 heavy (non-hydrogen) atoms. The second-order valence-electron chi connectivity index (χ2n) is 8.54. The number of nitrogens with one attached hydrogen (secondary N) is 1. The van der Waals surface area contributed by atoms with Crippen molar-refractivity contribution in [2.75, 3.05) is 14.2 Å². The lowest BCUT2D eigenvalue weighted by Gasteiger charge is -2.15. The van der Waals surface area contributed by atoms with Gasteiger partial charge in [0, 0.05) is 0 Å². The van der Waals surface area contributed by atoms with Crippen LogP contribution in [0.3, 0.4) is 0 Å². The summed E-state index contributed by atoms with van der Waals surface area (Å²) < 4.78 is 23.0. The van der Waals surface area contributed by atoms with Gasteiger partial charge < -0.3 is 18.9 Å². The lowest BCUT2D eigenvalue weighted by Crippen LogP contribution is -2.19. The number of hydrogen-bond acceptors (Lipinski definition) is 6. The van der Waals surface area contributed by atoms with Gasteiger partial charge in [0.15, 0.2) is 23.0 Å². The zero-order chi connectivity index (χ0) is 27.5. The predicted octanol–water partition coefficient (Wildman–Crippen LogP) is 6.21. The van der Waals surface area contributed by atoms with Crippen LogP contribution in [-0.2, 0) is 24.4 Å². The average molecular weight is 545 g/mol. The van der Waals surface area contributed by atoms with Crippen LogP contribution in [0.25, 0.3) is 0 Å². The van der Waals surface area contributed by atoms with Crippen LogP contribution < -0.4 is 24.4 Å². The van der Waals surface area contributed by atoms with Crippen LogP contribution in [0.1, 0.15) is 22.3 Å². The van der Waals surface area contributed by atoms with E-state index >= 15 is 0 Å². The highest BCUT2D eigenvalue weighted by molar-refractivity contribution is 6.32. The molecule has 8 heteroatoms. The van der Waals surface area contributed by atoms with E-state index in [0.717, 1.165) is 16.7 Å². The van der Waals surface area contributed by atoms with Crippen LogP contribution in [-0.4, -0.2) is 26.3 Å². The molecule has 4 aromatic rings. The summed E-state index contributed by atoms with van der Waals surface area (Å²) in [5, 5.41) is 4.38. The number of methoxy groups -OCH3 is 2. The van der Waals surface area contributed by atoms with E-state index < -0.39 is 0 Å². The highest BCUT2D eigenvalue weighted by Crippen LogP contribution is 2.37. The van der Waals surface area contributed by atoms with Gasteiger partial charge in [0.05, 0.1) is 31.9 Å². The lowest BCUT2D eigenvalue weighted by atomic mass is 10.1. The first-order valence-electron chi connectivity index (χ1n) is 12.3. The Kier molecular flexibility index (Phi) is 9.80. The molecule has 0 saturated carbocycles. The van der Waals surface area contributed by atoms with E-state index in [2.05, 4.69) is 10.5 Å². The van der Waals surface area contributed by atoms with Crippen molar-refractivity contribution in [3.05, 3.63) is 118 Å². The molecular weight excluding hydrogens is 516 g/mol. The van der Waals surface area contributed by atoms with Crippen molar-refractivity contribution < 1.29 is 23.7 Å². The molecule has 0 fully saturated rings. The number of carbonyl (C=O) groups is 1. The van der Waals surface area contributed by atoms with Crippen molar-refractivity contribution in [2.24, 2.45) is 5.10 Å². The van der Waals surface area contributed by atoms with Crippen molar-refractivity contribution in [1.29, 1.82) is 0 Å². The Hall–Kier alpha value is -4.49. The molecule has 0 bridgehead atoms. The van der Waals surface area contributed by atoms with Crippen molar-refractivity contribution in [3.8, 4) is 23.0 Å². The molecule has 0 aliphatic rings. The Bertz CT molecular complexity index is 1410. The van der Waals surface area contributed by atoms with Crippen LogP contribution in [0.5, 0.6) is 23.0 Å². The predicted molar refractivity (Wildman–Crippen MR) is 152 cm³/mol. The van der Waals surface area contributed by atoms with E-state index in [1.807, 2.05) is 78.9 Å². The molecule has 0 atom stereocenters. The molecule has 0 aliphatic heterocycles. The number of hydrogen-bond donors (Lipinski definition) is 1. The highest BCUT2D eigenvalue weighted by Gasteiger charge is 2.13. The third-order valence-electron chi connectivity index (χ3n) is 5.71. The molecule has 1 N–H and O–H groups in total. The van der Waals surface area contributed by atoms with Crippen LogP contribution in [0, 0.1) is 0 Å². The Morgan fingerprint density at radius 3 is 2.13 bits per heavy atom. The maximum Gasteiger partial charge on any atom is 0.244 e. The topological polar surface area (TPSA) is 78.4 Å². The van der Waals surface area contributed by atoms with Crippen LogP contribution in [0.15, 0.2) is 96.1 Å². The number of halogens is 1. The van der Waals surface area contributed by atoms with Crippen molar-refractivity contribution in [3.63, 3.8) is 0 Å². The van der Waals surface area contributed by atoms with E-state index in [4.69, 9.17) is 30.5 Å². The molecule has 0 heterocycles. The summed E-state index contributed by atoms with van der Waals surface area (Å²) in [5.74, 6) is 1.86. The van der Waals surface area contributed by atoms with Gasteiger partial charge in [-0.1, -0.05) is 78.3 Å². The van der Waals surface area contributed by atoms with E-state index in [0.29, 0.717) is 40.2 Å². The van der Waals surface area contributed by atoms with E-state index in [1.54, 1.807) is 19.2 Å². The SMILES string of the molecule is COc1cc(COc2c(Cl)cc(/C=N/NC(=O)Cc3ccccc3)cc2OC)ccc1OCc1ccccc1. The maximum atomic E-state index is 12.1. The third-order valence-corrected chi connectivity index (χ3v) is 5.99. The maximum absolute atomic E-state index is 12.1. The summed E-state index contributed by atoms with van der Waals surface area (Å²) in [6.07, 6.45) is 1.74. The summed E-state index contributed by atoms with van der Waals surface area (Å²) in [7, 11) is 3.13. The fourth-order valence-electron chi connectivity index (χ4n) is 3.77. The minimum atomic E-state index is -0.220. The van der Waals surface area contributed by atoms with E-state index in [1.165, 1.54) is 13.3 Å². The standard InChI is InChI=1S/C31H29ClN2O5/c1-36-28-16-24(13-14-27(28)38-20-23-11-7-4-8-12-23)21-39-31-26(32)15-25(17-29(31)37-2)19-33-34-30(35)18-22-9-5-3-6-10-22/h3-17,19H,18,20-21H2,1-2H3,(H,34,35)/b33-19+. The number of carbonyl (C=O) groups excluding carboxylic acids is 1. The van der Waals surface area contributed by atoms with Gasteiger partial charge in [0.25, 0.3) is 0 Å². The first-order chi connectivity index (χ1) is 19.1. The Morgan fingerprint density at radius 2 is 1.44 bits per heavy atom. The summed E-state index contributed by atoms with van der Waals surface area (Å²) in [6.45, 7) is 0.667. The van der Waals surface area contributed by atoms with Crippen LogP contribution in [0.2, 0.25) is 5.02 Å². The number of ether oxygens (including phenoxy) is 4. The quantitative estimate of drug-likeness (QED) is 0.169. The number of amides is 1. The first-order valence-corrected chi connectivity index (χ1v) is 12.6. The normalized spacial score (nSPS) is 10.7. The molecule has 1 amide bonds. The molecular formula is C31H29ClN2O5. The lowest BCUT2D eigenvalue weighted by molar-refractivity contribution is -0.120. The van der Waals surface area contributed by atoms with Crippen LogP contribution >= 0.6 is 11.6 Å². The molecule has 0 spiro atoms. The van der Waals surface area contributed by atoms with Gasteiger partial charge in [-0.15, -0.1) is 0 Å². The minimum Gasteiger partial charge on any atom is -0.493 e. The summed E-state index contributed by atoms with van der Waals surface area (Å²) in [4.78, 5) is 12.1. The molecule has 4 rings (SSSR count). The van der Waals surface area contributed by atoms with Crippen LogP contribution in [0.4, 0.5) is 0 Å². The molecule has 0 radical (unpaired) electrons. The zero-order valence-corrected chi connectivity index (χ0v) is 22.5. The summed E-state index contributed by atoms with van der Waals surface area (Å²) in [6, 6.07) is 28.4. The number of hydrazone groups is 1. The first kappa shape index (κ1) is 27.5. The van der Waals surface area contributed by atoms with Crippen molar-refractivity contribution in [2.45, 2.75) is 19.6 Å². The minimum absolute atomic E-state index is 0.220.